The number of ether oxygens (including phenoxy) is 1. The van der Waals surface area contributed by atoms with Gasteiger partial charge in [-0.25, -0.2) is 13.2 Å². The zero-order valence-electron chi connectivity index (χ0n) is 17.9. The molecule has 0 bridgehead atoms. The van der Waals surface area contributed by atoms with Crippen molar-refractivity contribution in [1.82, 2.24) is 14.2 Å². The lowest BCUT2D eigenvalue weighted by atomic mass is 9.96. The molecular weight excluding hydrogens is 406 g/mol. The zero-order chi connectivity index (χ0) is 21.7. The molecule has 1 aromatic rings. The average Bonchev–Trinajstić information content (AvgIpc) is 3.31. The predicted octanol–water partition coefficient (Wildman–Crippen LogP) is 2.58. The van der Waals surface area contributed by atoms with Crippen LogP contribution in [-0.2, 0) is 26.6 Å². The Morgan fingerprint density at radius 2 is 1.77 bits per heavy atom. The fourth-order valence-corrected chi connectivity index (χ4v) is 6.13. The summed E-state index contributed by atoms with van der Waals surface area (Å²) in [5, 5.41) is 3.11. The van der Waals surface area contributed by atoms with E-state index in [2.05, 4.69) is 5.32 Å². The van der Waals surface area contributed by atoms with E-state index in [9.17, 15) is 18.0 Å². The molecule has 1 N–H and O–H groups in total. The molecule has 9 heteroatoms. The lowest BCUT2D eigenvalue weighted by Crippen LogP contribution is -2.48. The Labute approximate surface area is 179 Å². The van der Waals surface area contributed by atoms with Gasteiger partial charge in [0.1, 0.15) is 16.6 Å². The molecule has 1 aliphatic carbocycles. The second-order valence-corrected chi connectivity index (χ2v) is 10.1. The summed E-state index contributed by atoms with van der Waals surface area (Å²) in [6.45, 7) is 2.21. The van der Waals surface area contributed by atoms with E-state index in [1.807, 2.05) is 0 Å². The maximum Gasteiger partial charge on any atom is 0.354 e. The third kappa shape index (κ3) is 5.06. The molecule has 1 saturated carbocycles. The van der Waals surface area contributed by atoms with Gasteiger partial charge in [-0.15, -0.1) is 0 Å². The van der Waals surface area contributed by atoms with Crippen molar-refractivity contribution in [2.24, 2.45) is 7.05 Å². The van der Waals surface area contributed by atoms with Crippen molar-refractivity contribution in [3.05, 3.63) is 18.0 Å². The van der Waals surface area contributed by atoms with Crippen LogP contribution in [0.25, 0.3) is 0 Å². The van der Waals surface area contributed by atoms with Crippen LogP contribution in [-0.4, -0.2) is 54.4 Å². The minimum absolute atomic E-state index is 0.0127. The van der Waals surface area contributed by atoms with Crippen molar-refractivity contribution in [3.63, 3.8) is 0 Å². The monoisotopic (exact) mass is 439 g/mol. The molecule has 2 aliphatic rings. The van der Waals surface area contributed by atoms with Crippen LogP contribution >= 0.6 is 0 Å². The summed E-state index contributed by atoms with van der Waals surface area (Å²) in [6, 6.07) is 0.747. The van der Waals surface area contributed by atoms with Gasteiger partial charge in [-0.1, -0.05) is 32.1 Å². The van der Waals surface area contributed by atoms with Gasteiger partial charge in [-0.3, -0.25) is 4.79 Å². The van der Waals surface area contributed by atoms with Crippen LogP contribution in [0, 0.1) is 0 Å². The predicted molar refractivity (Wildman–Crippen MR) is 113 cm³/mol. The van der Waals surface area contributed by atoms with Gasteiger partial charge in [-0.2, -0.15) is 4.31 Å². The SMILES string of the molecule is CCOC(=O)c1cc(S(=O)(=O)N2CCC[C@H]2C(=O)NC2CCCCCCC2)cn1C. The Kier molecular flexibility index (Phi) is 7.57. The Balaban J connectivity index is 1.74. The molecule has 1 aliphatic heterocycles. The van der Waals surface area contributed by atoms with Crippen LogP contribution in [0.5, 0.6) is 0 Å². The van der Waals surface area contributed by atoms with E-state index in [1.54, 1.807) is 14.0 Å². The second-order valence-electron chi connectivity index (χ2n) is 8.22. The van der Waals surface area contributed by atoms with Crippen molar-refractivity contribution < 1.29 is 22.7 Å². The molecule has 1 atom stereocenters. The largest absolute Gasteiger partial charge is 0.461 e. The van der Waals surface area contributed by atoms with Crippen molar-refractivity contribution in [2.75, 3.05) is 13.2 Å². The summed E-state index contributed by atoms with van der Waals surface area (Å²) in [7, 11) is -2.29. The number of sulfonamides is 1. The van der Waals surface area contributed by atoms with Gasteiger partial charge in [0.05, 0.1) is 6.61 Å². The Morgan fingerprint density at radius 1 is 1.10 bits per heavy atom. The summed E-state index contributed by atoms with van der Waals surface area (Å²) < 4.78 is 34.3. The molecule has 2 fully saturated rings. The fourth-order valence-electron chi connectivity index (χ4n) is 4.41. The first-order chi connectivity index (χ1) is 14.3. The van der Waals surface area contributed by atoms with Crippen molar-refractivity contribution in [2.45, 2.75) is 81.7 Å². The third-order valence-corrected chi connectivity index (χ3v) is 7.90. The molecule has 0 radical (unpaired) electrons. The highest BCUT2D eigenvalue weighted by Gasteiger charge is 2.40. The van der Waals surface area contributed by atoms with Crippen LogP contribution in [0.1, 0.15) is 75.2 Å². The van der Waals surface area contributed by atoms with Gasteiger partial charge in [0.2, 0.25) is 15.9 Å². The first-order valence-corrected chi connectivity index (χ1v) is 12.4. The molecule has 168 valence electrons. The fraction of sp³-hybridized carbons (Fsp3) is 0.714. The number of nitrogens with one attached hydrogen (secondary N) is 1. The van der Waals surface area contributed by atoms with Gasteiger partial charge >= 0.3 is 5.97 Å². The van der Waals surface area contributed by atoms with E-state index in [-0.39, 0.29) is 29.1 Å². The molecule has 0 spiro atoms. The van der Waals surface area contributed by atoms with Crippen molar-refractivity contribution in [1.29, 1.82) is 0 Å². The van der Waals surface area contributed by atoms with E-state index >= 15 is 0 Å². The lowest BCUT2D eigenvalue weighted by molar-refractivity contribution is -0.125. The summed E-state index contributed by atoms with van der Waals surface area (Å²) in [6.07, 6.45) is 10.3. The number of hydrogen-bond donors (Lipinski definition) is 1. The maximum atomic E-state index is 13.3. The highest BCUT2D eigenvalue weighted by atomic mass is 32.2. The van der Waals surface area contributed by atoms with E-state index in [0.717, 1.165) is 25.7 Å². The summed E-state index contributed by atoms with van der Waals surface area (Å²) in [5.74, 6) is -0.773. The van der Waals surface area contributed by atoms with Crippen molar-refractivity contribution >= 4 is 21.9 Å². The summed E-state index contributed by atoms with van der Waals surface area (Å²) >= 11 is 0. The number of carbonyl (C=O) groups excluding carboxylic acids is 2. The molecule has 1 aromatic heterocycles. The van der Waals surface area contributed by atoms with Gasteiger partial charge in [0, 0.05) is 25.8 Å². The number of esters is 1. The number of nitrogens with zero attached hydrogens (tertiary/aromatic N) is 2. The molecule has 1 saturated heterocycles. The standard InChI is InChI=1S/C21H33N3O5S/c1-3-29-21(26)19-14-17(15-23(19)2)30(27,28)24-13-9-12-18(24)20(25)22-16-10-7-5-4-6-8-11-16/h14-16,18H,3-13H2,1-2H3,(H,22,25)/t18-/m0/s1. The molecule has 0 unspecified atom stereocenters. The molecule has 2 heterocycles. The van der Waals surface area contributed by atoms with E-state index in [0.29, 0.717) is 19.4 Å². The van der Waals surface area contributed by atoms with Crippen molar-refractivity contribution in [3.8, 4) is 0 Å². The molecule has 3 rings (SSSR count). The summed E-state index contributed by atoms with van der Waals surface area (Å²) in [5.41, 5.74) is 0.171. The highest BCUT2D eigenvalue weighted by Crippen LogP contribution is 2.28. The first kappa shape index (κ1) is 22.8. The van der Waals surface area contributed by atoms with E-state index in [1.165, 1.54) is 40.4 Å². The topological polar surface area (TPSA) is 97.7 Å². The normalized spacial score (nSPS) is 21.7. The minimum Gasteiger partial charge on any atom is -0.461 e. The quantitative estimate of drug-likeness (QED) is 0.687. The average molecular weight is 440 g/mol. The number of aromatic nitrogens is 1. The number of carbonyl (C=O) groups is 2. The van der Waals surface area contributed by atoms with Gasteiger partial charge in [0.25, 0.3) is 0 Å². The van der Waals surface area contributed by atoms with Crippen LogP contribution in [0.2, 0.25) is 0 Å². The molecule has 0 aromatic carbocycles. The van der Waals surface area contributed by atoms with Crippen LogP contribution in [0.15, 0.2) is 17.2 Å². The Morgan fingerprint density at radius 3 is 2.43 bits per heavy atom. The second kappa shape index (κ2) is 9.96. The van der Waals surface area contributed by atoms with Crippen LogP contribution in [0.3, 0.4) is 0 Å². The highest BCUT2D eigenvalue weighted by molar-refractivity contribution is 7.89. The molecule has 30 heavy (non-hydrogen) atoms. The minimum atomic E-state index is -3.89. The first-order valence-electron chi connectivity index (χ1n) is 11.0. The molecule has 1 amide bonds. The van der Waals surface area contributed by atoms with Gasteiger partial charge < -0.3 is 14.6 Å². The van der Waals surface area contributed by atoms with E-state index in [4.69, 9.17) is 4.74 Å². The third-order valence-electron chi connectivity index (χ3n) is 6.03. The summed E-state index contributed by atoms with van der Waals surface area (Å²) in [4.78, 5) is 25.0. The Bertz CT molecular complexity index is 856. The number of amides is 1. The van der Waals surface area contributed by atoms with Gasteiger partial charge in [-0.05, 0) is 38.7 Å². The molecular formula is C21H33N3O5S. The lowest BCUT2D eigenvalue weighted by Gasteiger charge is -2.26. The number of hydrogen-bond acceptors (Lipinski definition) is 5. The molecule has 8 nitrogen and oxygen atoms in total. The van der Waals surface area contributed by atoms with Crippen LogP contribution in [0.4, 0.5) is 0 Å². The smallest absolute Gasteiger partial charge is 0.354 e. The zero-order valence-corrected chi connectivity index (χ0v) is 18.7. The maximum absolute atomic E-state index is 13.3. The Hall–Kier alpha value is -1.87. The van der Waals surface area contributed by atoms with Gasteiger partial charge in [0.15, 0.2) is 0 Å². The number of aryl methyl sites for hydroxylation is 1. The van der Waals surface area contributed by atoms with E-state index < -0.39 is 22.0 Å². The van der Waals surface area contributed by atoms with Crippen LogP contribution < -0.4 is 5.32 Å². The number of rotatable bonds is 6.